The van der Waals surface area contributed by atoms with Gasteiger partial charge in [0.05, 0.1) is 12.1 Å². The van der Waals surface area contributed by atoms with Crippen LogP contribution in [0.2, 0.25) is 0 Å². The van der Waals surface area contributed by atoms with E-state index in [4.69, 9.17) is 9.52 Å². The maximum absolute atomic E-state index is 11.6. The molecule has 0 aromatic carbocycles. The summed E-state index contributed by atoms with van der Waals surface area (Å²) in [6.07, 6.45) is 3.92. The van der Waals surface area contributed by atoms with Crippen molar-refractivity contribution in [2.24, 2.45) is 5.10 Å². The van der Waals surface area contributed by atoms with E-state index in [1.54, 1.807) is 6.08 Å². The Balaban J connectivity index is 2.35. The van der Waals surface area contributed by atoms with E-state index >= 15 is 0 Å². The fourth-order valence-electron chi connectivity index (χ4n) is 1.97. The lowest BCUT2D eigenvalue weighted by molar-refractivity contribution is 0.0691. The van der Waals surface area contributed by atoms with Gasteiger partial charge in [0.25, 0.3) is 0 Å². The smallest absolute Gasteiger partial charge is 0.350 e. The van der Waals surface area contributed by atoms with Gasteiger partial charge in [-0.3, -0.25) is 5.01 Å². The van der Waals surface area contributed by atoms with Gasteiger partial charge in [0.1, 0.15) is 11.3 Å². The van der Waals surface area contributed by atoms with Crippen LogP contribution in [0.4, 0.5) is 0 Å². The van der Waals surface area contributed by atoms with Gasteiger partial charge in [0.15, 0.2) is 0 Å². The van der Waals surface area contributed by atoms with Gasteiger partial charge in [-0.25, -0.2) is 9.59 Å². The van der Waals surface area contributed by atoms with Gasteiger partial charge in [0, 0.05) is 18.7 Å². The average molecular weight is 276 g/mol. The van der Waals surface area contributed by atoms with Crippen molar-refractivity contribution in [2.75, 3.05) is 13.1 Å². The summed E-state index contributed by atoms with van der Waals surface area (Å²) in [5.41, 5.74) is 0.221. The number of carboxylic acid groups (broad SMARTS) is 1. The summed E-state index contributed by atoms with van der Waals surface area (Å²) < 4.78 is 5.08. The molecule has 0 saturated carbocycles. The summed E-state index contributed by atoms with van der Waals surface area (Å²) in [6.45, 7) is 5.60. The van der Waals surface area contributed by atoms with Crippen LogP contribution in [0.1, 0.15) is 35.5 Å². The molecule has 6 nitrogen and oxygen atoms in total. The molecule has 0 unspecified atom stereocenters. The van der Waals surface area contributed by atoms with Crippen LogP contribution >= 0.6 is 0 Å². The first-order valence-electron chi connectivity index (χ1n) is 6.46. The average Bonchev–Trinajstić information content (AvgIpc) is 2.43. The van der Waals surface area contributed by atoms with Crippen molar-refractivity contribution >= 4 is 17.8 Å². The second kappa shape index (κ2) is 5.73. The van der Waals surface area contributed by atoms with Gasteiger partial charge in [-0.05, 0) is 32.1 Å². The van der Waals surface area contributed by atoms with E-state index in [0.29, 0.717) is 17.7 Å². The van der Waals surface area contributed by atoms with Crippen molar-refractivity contribution < 1.29 is 14.3 Å². The van der Waals surface area contributed by atoms with Gasteiger partial charge < -0.3 is 9.52 Å². The normalized spacial score (nSPS) is 15.2. The number of carboxylic acids is 1. The molecule has 6 heteroatoms. The van der Waals surface area contributed by atoms with E-state index in [2.05, 4.69) is 5.10 Å². The largest absolute Gasteiger partial charge is 0.477 e. The number of rotatable bonds is 4. The zero-order valence-electron chi connectivity index (χ0n) is 11.4. The highest BCUT2D eigenvalue weighted by Crippen LogP contribution is 2.18. The van der Waals surface area contributed by atoms with E-state index in [-0.39, 0.29) is 5.56 Å². The van der Waals surface area contributed by atoms with Crippen molar-refractivity contribution in [3.8, 4) is 0 Å². The Morgan fingerprint density at radius 2 is 2.10 bits per heavy atom. The zero-order chi connectivity index (χ0) is 14.7. The minimum absolute atomic E-state index is 0.350. The van der Waals surface area contributed by atoms with Crippen LogP contribution in [0.3, 0.4) is 0 Å². The lowest BCUT2D eigenvalue weighted by Gasteiger charge is -2.17. The lowest BCUT2D eigenvalue weighted by atomic mass is 10.0. The molecule has 1 aromatic rings. The van der Waals surface area contributed by atoms with Crippen LogP contribution in [0.5, 0.6) is 0 Å². The Bertz CT molecular complexity index is 639. The van der Waals surface area contributed by atoms with Crippen molar-refractivity contribution in [3.63, 3.8) is 0 Å². The third-order valence-corrected chi connectivity index (χ3v) is 3.08. The Kier molecular flexibility index (Phi) is 4.02. The quantitative estimate of drug-likeness (QED) is 0.845. The molecular weight excluding hydrogens is 260 g/mol. The molecular formula is C14H16N2O4. The molecule has 1 aliphatic rings. The third-order valence-electron chi connectivity index (χ3n) is 3.08. The maximum Gasteiger partial charge on any atom is 0.350 e. The van der Waals surface area contributed by atoms with E-state index in [1.807, 2.05) is 24.9 Å². The van der Waals surface area contributed by atoms with Crippen molar-refractivity contribution in [3.05, 3.63) is 39.4 Å². The predicted molar refractivity (Wildman–Crippen MR) is 75.0 cm³/mol. The van der Waals surface area contributed by atoms with E-state index in [1.165, 1.54) is 6.07 Å². The molecule has 0 radical (unpaired) electrons. The molecule has 1 heterocycles. The molecule has 0 bridgehead atoms. The van der Waals surface area contributed by atoms with Gasteiger partial charge in [-0.15, -0.1) is 0 Å². The molecule has 106 valence electrons. The summed E-state index contributed by atoms with van der Waals surface area (Å²) >= 11 is 0. The first kappa shape index (κ1) is 14.0. The first-order chi connectivity index (χ1) is 9.55. The molecule has 0 aliphatic heterocycles. The number of nitrogens with zero attached hydrogens (tertiary/aromatic N) is 2. The number of fused-ring (bicyclic) bond motifs is 1. The molecule has 0 saturated heterocycles. The molecule has 1 aliphatic carbocycles. The lowest BCUT2D eigenvalue weighted by Crippen LogP contribution is -2.21. The van der Waals surface area contributed by atoms with Crippen LogP contribution in [0.15, 0.2) is 26.5 Å². The van der Waals surface area contributed by atoms with E-state index < -0.39 is 11.6 Å². The number of allylic oxidation sites excluding steroid dienone is 1. The standard InChI is InChI=1S/C14H16N2O4/c1-3-16(4-2)15-10-6-5-9-7-11(13(17)18)14(19)20-12(9)8-10/h5-7H,3-4,8H2,1-2H3,(H,17,18). The molecule has 0 fully saturated rings. The van der Waals surface area contributed by atoms with Gasteiger partial charge in [0.2, 0.25) is 0 Å². The highest BCUT2D eigenvalue weighted by Gasteiger charge is 2.18. The second-order valence-electron chi connectivity index (χ2n) is 4.37. The summed E-state index contributed by atoms with van der Waals surface area (Å²) in [6, 6.07) is 1.34. The van der Waals surface area contributed by atoms with Gasteiger partial charge >= 0.3 is 11.6 Å². The minimum atomic E-state index is -1.28. The summed E-state index contributed by atoms with van der Waals surface area (Å²) in [5.74, 6) is -0.828. The Labute approximate surface area is 116 Å². The van der Waals surface area contributed by atoms with Crippen molar-refractivity contribution in [2.45, 2.75) is 20.3 Å². The van der Waals surface area contributed by atoms with Crippen LogP contribution in [-0.2, 0) is 6.42 Å². The maximum atomic E-state index is 11.6. The molecule has 0 spiro atoms. The SMILES string of the molecule is CCN(CC)N=C1C=Cc2cc(C(=O)O)c(=O)oc2C1. The summed E-state index contributed by atoms with van der Waals surface area (Å²) in [7, 11) is 0. The molecule has 1 N–H and O–H groups in total. The highest BCUT2D eigenvalue weighted by molar-refractivity contribution is 6.02. The number of hydrogen-bond donors (Lipinski definition) is 1. The molecule has 0 atom stereocenters. The minimum Gasteiger partial charge on any atom is -0.477 e. The highest BCUT2D eigenvalue weighted by atomic mass is 16.4. The van der Waals surface area contributed by atoms with Crippen molar-refractivity contribution in [1.29, 1.82) is 0 Å². The topological polar surface area (TPSA) is 83.1 Å². The zero-order valence-corrected chi connectivity index (χ0v) is 11.4. The summed E-state index contributed by atoms with van der Waals surface area (Å²) in [5, 5.41) is 15.2. The summed E-state index contributed by atoms with van der Waals surface area (Å²) in [4.78, 5) is 22.4. The third kappa shape index (κ3) is 2.79. The Morgan fingerprint density at radius 1 is 1.40 bits per heavy atom. The fourth-order valence-corrected chi connectivity index (χ4v) is 1.97. The first-order valence-corrected chi connectivity index (χ1v) is 6.46. The Hall–Kier alpha value is -2.37. The Morgan fingerprint density at radius 3 is 2.70 bits per heavy atom. The van der Waals surface area contributed by atoms with Gasteiger partial charge in [-0.2, -0.15) is 5.10 Å². The van der Waals surface area contributed by atoms with Crippen LogP contribution in [-0.4, -0.2) is 34.9 Å². The molecule has 1 aromatic heterocycles. The monoisotopic (exact) mass is 276 g/mol. The van der Waals surface area contributed by atoms with E-state index in [9.17, 15) is 9.59 Å². The molecule has 20 heavy (non-hydrogen) atoms. The van der Waals surface area contributed by atoms with Gasteiger partial charge in [-0.1, -0.05) is 0 Å². The van der Waals surface area contributed by atoms with Crippen molar-refractivity contribution in [1.82, 2.24) is 5.01 Å². The van der Waals surface area contributed by atoms with Crippen LogP contribution in [0.25, 0.3) is 6.08 Å². The number of hydrogen-bond acceptors (Lipinski definition) is 5. The number of carbonyl (C=O) groups is 1. The number of aromatic carboxylic acids is 1. The second-order valence-corrected chi connectivity index (χ2v) is 4.37. The van der Waals surface area contributed by atoms with Crippen LogP contribution in [0, 0.1) is 0 Å². The van der Waals surface area contributed by atoms with E-state index in [0.717, 1.165) is 18.8 Å². The van der Waals surface area contributed by atoms with Crippen LogP contribution < -0.4 is 5.63 Å². The molecule has 2 rings (SSSR count). The molecule has 0 amide bonds. The fraction of sp³-hybridized carbons (Fsp3) is 0.357. The number of hydrazone groups is 1. The predicted octanol–water partition coefficient (Wildman–Crippen LogP) is 1.61.